The molecule has 5 nitrogen and oxygen atoms in total. The number of nitrogens with one attached hydrogen (secondary N) is 1. The van der Waals surface area contributed by atoms with Crippen LogP contribution in [0.15, 0.2) is 17.4 Å². The van der Waals surface area contributed by atoms with Gasteiger partial charge in [-0.05, 0) is 32.6 Å². The first-order chi connectivity index (χ1) is 9.75. The molecule has 1 aliphatic rings. The van der Waals surface area contributed by atoms with Crippen molar-refractivity contribution in [2.45, 2.75) is 64.5 Å². The predicted octanol–water partition coefficient (Wildman–Crippen LogP) is 2.21. The summed E-state index contributed by atoms with van der Waals surface area (Å²) in [6.45, 7) is 3.85. The quantitative estimate of drug-likeness (QED) is 0.476. The Morgan fingerprint density at radius 2 is 2.20 bits per heavy atom. The van der Waals surface area contributed by atoms with Crippen LogP contribution in [0.4, 0.5) is 0 Å². The second-order valence-corrected chi connectivity index (χ2v) is 5.62. The average molecular weight is 277 g/mol. The van der Waals surface area contributed by atoms with E-state index in [-0.39, 0.29) is 0 Å². The zero-order chi connectivity index (χ0) is 14.2. The van der Waals surface area contributed by atoms with Gasteiger partial charge in [0.25, 0.3) is 0 Å². The normalized spacial score (nSPS) is 17.4. The maximum atomic E-state index is 5.93. The summed E-state index contributed by atoms with van der Waals surface area (Å²) in [6.07, 6.45) is 12.5. The molecule has 0 atom stereocenters. The van der Waals surface area contributed by atoms with Crippen molar-refractivity contribution < 1.29 is 0 Å². The number of rotatable bonds is 6. The van der Waals surface area contributed by atoms with Crippen molar-refractivity contribution in [3.8, 4) is 0 Å². The largest absolute Gasteiger partial charge is 0.370 e. The molecule has 0 aromatic carbocycles. The standard InChI is InChI=1S/C15H27N5/c1-13-17-10-12-20(13)11-6-5-9-18-15(16)19-14-7-3-2-4-8-14/h10,12,14H,2-9,11H2,1H3,(H3,16,18,19). The fourth-order valence-corrected chi connectivity index (χ4v) is 2.74. The maximum absolute atomic E-state index is 5.93. The Morgan fingerprint density at radius 1 is 1.40 bits per heavy atom. The van der Waals surface area contributed by atoms with Crippen molar-refractivity contribution in [2.75, 3.05) is 6.54 Å². The number of nitrogens with two attached hydrogens (primary N) is 1. The van der Waals surface area contributed by atoms with Gasteiger partial charge in [-0.2, -0.15) is 0 Å². The Morgan fingerprint density at radius 3 is 2.90 bits per heavy atom. The highest BCUT2D eigenvalue weighted by Gasteiger charge is 2.12. The van der Waals surface area contributed by atoms with Gasteiger partial charge in [0, 0.05) is 31.5 Å². The minimum atomic E-state index is 0.543. The molecular formula is C15H27N5. The summed E-state index contributed by atoms with van der Waals surface area (Å²) < 4.78 is 2.17. The summed E-state index contributed by atoms with van der Waals surface area (Å²) >= 11 is 0. The third-order valence-corrected chi connectivity index (χ3v) is 3.97. The van der Waals surface area contributed by atoms with E-state index >= 15 is 0 Å². The highest BCUT2D eigenvalue weighted by atomic mass is 15.1. The number of imidazole rings is 1. The number of aromatic nitrogens is 2. The molecule has 1 heterocycles. The van der Waals surface area contributed by atoms with Gasteiger partial charge in [0.15, 0.2) is 5.96 Å². The highest BCUT2D eigenvalue weighted by Crippen LogP contribution is 2.16. The molecule has 3 N–H and O–H groups in total. The van der Waals surface area contributed by atoms with Gasteiger partial charge in [-0.25, -0.2) is 4.98 Å². The summed E-state index contributed by atoms with van der Waals surface area (Å²) in [7, 11) is 0. The second-order valence-electron chi connectivity index (χ2n) is 5.62. The van der Waals surface area contributed by atoms with Gasteiger partial charge < -0.3 is 15.6 Å². The summed E-state index contributed by atoms with van der Waals surface area (Å²) in [5.74, 6) is 1.70. The molecule has 0 aliphatic heterocycles. The molecule has 1 aromatic heterocycles. The van der Waals surface area contributed by atoms with E-state index in [1.807, 2.05) is 19.3 Å². The van der Waals surface area contributed by atoms with Crippen LogP contribution in [0.5, 0.6) is 0 Å². The molecule has 1 aliphatic carbocycles. The SMILES string of the molecule is Cc1nccn1CCCCN=C(N)NC1CCCCC1. The van der Waals surface area contributed by atoms with Gasteiger partial charge in [0.05, 0.1) is 0 Å². The smallest absolute Gasteiger partial charge is 0.188 e. The molecule has 1 saturated carbocycles. The average Bonchev–Trinajstić information content (AvgIpc) is 2.85. The van der Waals surface area contributed by atoms with Gasteiger partial charge >= 0.3 is 0 Å². The lowest BCUT2D eigenvalue weighted by atomic mass is 9.96. The van der Waals surface area contributed by atoms with Crippen molar-refractivity contribution in [2.24, 2.45) is 10.7 Å². The first kappa shape index (κ1) is 14.9. The van der Waals surface area contributed by atoms with Crippen LogP contribution in [0, 0.1) is 6.92 Å². The third kappa shape index (κ3) is 4.87. The summed E-state index contributed by atoms with van der Waals surface area (Å²) in [4.78, 5) is 8.63. The number of nitrogens with zero attached hydrogens (tertiary/aromatic N) is 3. The van der Waals surface area contributed by atoms with E-state index in [1.54, 1.807) is 0 Å². The van der Waals surface area contributed by atoms with E-state index < -0.39 is 0 Å². The third-order valence-electron chi connectivity index (χ3n) is 3.97. The molecule has 5 heteroatoms. The van der Waals surface area contributed by atoms with Crippen LogP contribution in [0.2, 0.25) is 0 Å². The Kier molecular flexibility index (Phi) is 5.89. The first-order valence-corrected chi connectivity index (χ1v) is 7.80. The minimum Gasteiger partial charge on any atom is -0.370 e. The van der Waals surface area contributed by atoms with Gasteiger partial charge in [-0.1, -0.05) is 19.3 Å². The number of aliphatic imine (C=N–C) groups is 1. The number of guanidine groups is 1. The molecule has 112 valence electrons. The fraction of sp³-hybridized carbons (Fsp3) is 0.733. The summed E-state index contributed by atoms with van der Waals surface area (Å²) in [5.41, 5.74) is 5.93. The van der Waals surface area contributed by atoms with Crippen LogP contribution in [0.1, 0.15) is 50.8 Å². The van der Waals surface area contributed by atoms with Crippen molar-refractivity contribution in [1.29, 1.82) is 0 Å². The van der Waals surface area contributed by atoms with Crippen molar-refractivity contribution in [3.63, 3.8) is 0 Å². The zero-order valence-corrected chi connectivity index (χ0v) is 12.5. The molecule has 1 aromatic rings. The van der Waals surface area contributed by atoms with E-state index in [0.717, 1.165) is 31.8 Å². The lowest BCUT2D eigenvalue weighted by molar-refractivity contribution is 0.412. The lowest BCUT2D eigenvalue weighted by Crippen LogP contribution is -2.41. The van der Waals surface area contributed by atoms with Crippen molar-refractivity contribution >= 4 is 5.96 Å². The van der Waals surface area contributed by atoms with Crippen LogP contribution in [-0.2, 0) is 6.54 Å². The van der Waals surface area contributed by atoms with Crippen LogP contribution in [-0.4, -0.2) is 28.1 Å². The molecule has 1 fully saturated rings. The number of aryl methyl sites for hydroxylation is 2. The Hall–Kier alpha value is -1.52. The minimum absolute atomic E-state index is 0.543. The van der Waals surface area contributed by atoms with Crippen molar-refractivity contribution in [1.82, 2.24) is 14.9 Å². The maximum Gasteiger partial charge on any atom is 0.188 e. The second kappa shape index (κ2) is 7.92. The summed E-state index contributed by atoms with van der Waals surface area (Å²) in [6, 6.07) is 0.543. The van der Waals surface area contributed by atoms with E-state index in [1.165, 1.54) is 32.1 Å². The number of hydrogen-bond donors (Lipinski definition) is 2. The van der Waals surface area contributed by atoms with Crippen LogP contribution >= 0.6 is 0 Å². The molecule has 2 rings (SSSR count). The molecule has 0 unspecified atom stereocenters. The van der Waals surface area contributed by atoms with Crippen molar-refractivity contribution in [3.05, 3.63) is 18.2 Å². The van der Waals surface area contributed by atoms with E-state index in [4.69, 9.17) is 5.73 Å². The van der Waals surface area contributed by atoms with Gasteiger partial charge in [-0.15, -0.1) is 0 Å². The monoisotopic (exact) mass is 277 g/mol. The molecule has 0 saturated heterocycles. The molecule has 0 spiro atoms. The first-order valence-electron chi connectivity index (χ1n) is 7.80. The molecule has 0 bridgehead atoms. The molecular weight excluding hydrogens is 250 g/mol. The molecule has 0 radical (unpaired) electrons. The summed E-state index contributed by atoms with van der Waals surface area (Å²) in [5, 5.41) is 3.34. The Labute approximate surface area is 121 Å². The van der Waals surface area contributed by atoms with E-state index in [9.17, 15) is 0 Å². The van der Waals surface area contributed by atoms with Crippen LogP contribution in [0.25, 0.3) is 0 Å². The van der Waals surface area contributed by atoms with Gasteiger partial charge in [-0.3, -0.25) is 4.99 Å². The van der Waals surface area contributed by atoms with Gasteiger partial charge in [0.1, 0.15) is 5.82 Å². The zero-order valence-electron chi connectivity index (χ0n) is 12.5. The highest BCUT2D eigenvalue weighted by molar-refractivity contribution is 5.78. The van der Waals surface area contributed by atoms with Crippen LogP contribution in [0.3, 0.4) is 0 Å². The van der Waals surface area contributed by atoms with E-state index in [0.29, 0.717) is 12.0 Å². The van der Waals surface area contributed by atoms with Gasteiger partial charge in [0.2, 0.25) is 0 Å². The Balaban J connectivity index is 1.59. The number of hydrogen-bond acceptors (Lipinski definition) is 2. The fourth-order valence-electron chi connectivity index (χ4n) is 2.74. The molecule has 0 amide bonds. The topological polar surface area (TPSA) is 68.2 Å². The van der Waals surface area contributed by atoms with E-state index in [2.05, 4.69) is 19.9 Å². The lowest BCUT2D eigenvalue weighted by Gasteiger charge is -2.23. The number of unbranched alkanes of at least 4 members (excludes halogenated alkanes) is 1. The predicted molar refractivity (Wildman–Crippen MR) is 82.7 cm³/mol. The van der Waals surface area contributed by atoms with Crippen LogP contribution < -0.4 is 11.1 Å². The Bertz CT molecular complexity index is 418. The molecule has 20 heavy (non-hydrogen) atoms.